The molecule has 19 heavy (non-hydrogen) atoms. The van der Waals surface area contributed by atoms with Crippen LogP contribution in [0.5, 0.6) is 0 Å². The number of benzene rings is 1. The molecular weight excluding hydrogens is 250 g/mol. The molecule has 0 aliphatic rings. The molecule has 0 aromatic heterocycles. The quantitative estimate of drug-likeness (QED) is 0.648. The molecule has 100 valence electrons. The van der Waals surface area contributed by atoms with E-state index in [2.05, 4.69) is 0 Å². The molecule has 0 radical (unpaired) electrons. The number of aliphatic hydroxyl groups is 2. The number of nitriles is 1. The van der Waals surface area contributed by atoms with Crippen LogP contribution in [0.2, 0.25) is 0 Å². The summed E-state index contributed by atoms with van der Waals surface area (Å²) in [6, 6.07) is 7.42. The van der Waals surface area contributed by atoms with Gasteiger partial charge in [-0.1, -0.05) is 24.3 Å². The van der Waals surface area contributed by atoms with Crippen molar-refractivity contribution in [1.82, 2.24) is 0 Å². The molecule has 3 N–H and O–H groups in total. The van der Waals surface area contributed by atoms with Crippen molar-refractivity contribution >= 4 is 11.8 Å². The van der Waals surface area contributed by atoms with Gasteiger partial charge in [-0.2, -0.15) is 5.26 Å². The van der Waals surface area contributed by atoms with Crippen LogP contribution in [-0.2, 0) is 4.79 Å². The van der Waals surface area contributed by atoms with E-state index in [-0.39, 0.29) is 12.2 Å². The predicted octanol–water partition coefficient (Wildman–Crippen LogP) is 0.652. The van der Waals surface area contributed by atoms with Crippen LogP contribution in [0.1, 0.15) is 34.9 Å². The van der Waals surface area contributed by atoms with Gasteiger partial charge in [0.1, 0.15) is 6.10 Å². The summed E-state index contributed by atoms with van der Waals surface area (Å²) in [5, 5.41) is 36.1. The Bertz CT molecular complexity index is 503. The second-order valence-corrected chi connectivity index (χ2v) is 3.99. The van der Waals surface area contributed by atoms with E-state index in [0.717, 1.165) is 0 Å². The number of carboxylic acid groups (broad SMARTS) is 1. The highest BCUT2D eigenvalue weighted by Gasteiger charge is 2.21. The summed E-state index contributed by atoms with van der Waals surface area (Å²) in [6.07, 6.45) is -3.56. The number of ketones is 1. The first-order valence-corrected chi connectivity index (χ1v) is 5.53. The fourth-order valence-corrected chi connectivity index (χ4v) is 1.55. The van der Waals surface area contributed by atoms with E-state index < -0.39 is 24.6 Å². The summed E-state index contributed by atoms with van der Waals surface area (Å²) in [5.74, 6) is -1.55. The SMILES string of the molecule is N#CCC(=O)c1ccc(C(O)C(O)CC(=O)O)cc1. The Kier molecular flexibility index (Phi) is 5.18. The van der Waals surface area contributed by atoms with Gasteiger partial charge in [0.25, 0.3) is 0 Å². The zero-order valence-corrected chi connectivity index (χ0v) is 9.98. The number of rotatable bonds is 6. The van der Waals surface area contributed by atoms with Gasteiger partial charge in [-0.05, 0) is 5.56 Å². The van der Waals surface area contributed by atoms with E-state index in [1.165, 1.54) is 24.3 Å². The fraction of sp³-hybridized carbons (Fsp3) is 0.308. The van der Waals surface area contributed by atoms with Crippen LogP contribution >= 0.6 is 0 Å². The van der Waals surface area contributed by atoms with Crippen molar-refractivity contribution in [1.29, 1.82) is 5.26 Å². The lowest BCUT2D eigenvalue weighted by Crippen LogP contribution is -2.21. The standard InChI is InChI=1S/C13H13NO5/c14-6-5-10(15)8-1-3-9(4-2-8)13(19)11(16)7-12(17)18/h1-4,11,13,16,19H,5,7H2,(H,17,18). The van der Waals surface area contributed by atoms with Crippen molar-refractivity contribution in [3.63, 3.8) is 0 Å². The lowest BCUT2D eigenvalue weighted by Gasteiger charge is -2.16. The average molecular weight is 263 g/mol. The van der Waals surface area contributed by atoms with Gasteiger partial charge in [-0.15, -0.1) is 0 Å². The van der Waals surface area contributed by atoms with E-state index in [4.69, 9.17) is 10.4 Å². The van der Waals surface area contributed by atoms with E-state index in [1.54, 1.807) is 6.07 Å². The highest BCUT2D eigenvalue weighted by atomic mass is 16.4. The Morgan fingerprint density at radius 2 is 1.79 bits per heavy atom. The monoisotopic (exact) mass is 263 g/mol. The molecule has 0 saturated heterocycles. The van der Waals surface area contributed by atoms with Gasteiger partial charge >= 0.3 is 5.97 Å². The van der Waals surface area contributed by atoms with Gasteiger partial charge in [0, 0.05) is 5.56 Å². The first-order valence-electron chi connectivity index (χ1n) is 5.53. The summed E-state index contributed by atoms with van der Waals surface area (Å²) in [4.78, 5) is 21.8. The number of Topliss-reactive ketones (excluding diaryl/α,β-unsaturated/α-hetero) is 1. The highest BCUT2D eigenvalue weighted by Crippen LogP contribution is 2.20. The van der Waals surface area contributed by atoms with Gasteiger partial charge in [0.15, 0.2) is 5.78 Å². The third kappa shape index (κ3) is 4.17. The first-order chi connectivity index (χ1) is 8.95. The van der Waals surface area contributed by atoms with Gasteiger partial charge in [0.05, 0.1) is 25.0 Å². The smallest absolute Gasteiger partial charge is 0.306 e. The van der Waals surface area contributed by atoms with E-state index in [0.29, 0.717) is 11.1 Å². The molecule has 1 aromatic rings. The predicted molar refractivity (Wildman–Crippen MR) is 64.2 cm³/mol. The van der Waals surface area contributed by atoms with Gasteiger partial charge in [-0.3, -0.25) is 9.59 Å². The van der Waals surface area contributed by atoms with Crippen molar-refractivity contribution in [2.75, 3.05) is 0 Å². The van der Waals surface area contributed by atoms with Crippen molar-refractivity contribution in [2.24, 2.45) is 0 Å². The largest absolute Gasteiger partial charge is 0.481 e. The van der Waals surface area contributed by atoms with Crippen LogP contribution in [0.25, 0.3) is 0 Å². The molecule has 0 saturated carbocycles. The van der Waals surface area contributed by atoms with Crippen LogP contribution in [0.15, 0.2) is 24.3 Å². The minimum absolute atomic E-state index is 0.233. The van der Waals surface area contributed by atoms with Crippen molar-refractivity contribution in [3.8, 4) is 6.07 Å². The minimum atomic E-state index is -1.42. The van der Waals surface area contributed by atoms with Gasteiger partial charge in [-0.25, -0.2) is 0 Å². The summed E-state index contributed by atoms with van der Waals surface area (Å²) in [6.45, 7) is 0. The fourth-order valence-electron chi connectivity index (χ4n) is 1.55. The lowest BCUT2D eigenvalue weighted by molar-refractivity contribution is -0.141. The van der Waals surface area contributed by atoms with E-state index in [9.17, 15) is 19.8 Å². The molecule has 0 aliphatic heterocycles. The van der Waals surface area contributed by atoms with Crippen LogP contribution in [0.3, 0.4) is 0 Å². The molecule has 0 aliphatic carbocycles. The number of aliphatic carboxylic acids is 1. The molecule has 0 amide bonds. The Balaban J connectivity index is 2.78. The van der Waals surface area contributed by atoms with Crippen molar-refractivity contribution < 1.29 is 24.9 Å². The third-order valence-corrected chi connectivity index (χ3v) is 2.56. The zero-order chi connectivity index (χ0) is 14.4. The number of hydrogen-bond donors (Lipinski definition) is 3. The maximum atomic E-state index is 11.4. The number of aliphatic hydroxyl groups excluding tert-OH is 2. The number of carbonyl (C=O) groups is 2. The average Bonchev–Trinajstić information content (AvgIpc) is 2.37. The summed E-state index contributed by atoms with van der Waals surface area (Å²) in [7, 11) is 0. The molecule has 6 nitrogen and oxygen atoms in total. The normalized spacial score (nSPS) is 13.3. The topological polar surface area (TPSA) is 119 Å². The minimum Gasteiger partial charge on any atom is -0.481 e. The molecule has 1 rings (SSSR count). The summed E-state index contributed by atoms with van der Waals surface area (Å²) < 4.78 is 0. The molecule has 0 bridgehead atoms. The maximum Gasteiger partial charge on any atom is 0.306 e. The molecule has 2 unspecified atom stereocenters. The zero-order valence-electron chi connectivity index (χ0n) is 9.98. The van der Waals surface area contributed by atoms with E-state index in [1.807, 2.05) is 0 Å². The van der Waals surface area contributed by atoms with Gasteiger partial charge < -0.3 is 15.3 Å². The van der Waals surface area contributed by atoms with Crippen LogP contribution in [0, 0.1) is 11.3 Å². The van der Waals surface area contributed by atoms with E-state index >= 15 is 0 Å². The molecule has 0 heterocycles. The summed E-state index contributed by atoms with van der Waals surface area (Å²) >= 11 is 0. The molecular formula is C13H13NO5. The summed E-state index contributed by atoms with van der Waals surface area (Å²) in [5.41, 5.74) is 0.632. The molecule has 2 atom stereocenters. The Morgan fingerprint density at radius 1 is 1.21 bits per heavy atom. The lowest BCUT2D eigenvalue weighted by atomic mass is 9.99. The van der Waals surface area contributed by atoms with Crippen molar-refractivity contribution in [3.05, 3.63) is 35.4 Å². The van der Waals surface area contributed by atoms with Crippen LogP contribution in [0.4, 0.5) is 0 Å². The highest BCUT2D eigenvalue weighted by molar-refractivity contribution is 5.97. The Hall–Kier alpha value is -2.23. The maximum absolute atomic E-state index is 11.4. The number of nitrogens with zero attached hydrogens (tertiary/aromatic N) is 1. The third-order valence-electron chi connectivity index (χ3n) is 2.56. The first kappa shape index (κ1) is 14.8. The molecule has 0 spiro atoms. The number of carboxylic acids is 1. The second kappa shape index (κ2) is 6.64. The second-order valence-electron chi connectivity index (χ2n) is 3.99. The molecule has 1 aromatic carbocycles. The number of hydrogen-bond acceptors (Lipinski definition) is 5. The Labute approximate surface area is 109 Å². The van der Waals surface area contributed by atoms with Crippen LogP contribution < -0.4 is 0 Å². The molecule has 6 heteroatoms. The Morgan fingerprint density at radius 3 is 2.26 bits per heavy atom. The molecule has 0 fully saturated rings. The number of carbonyl (C=O) groups excluding carboxylic acids is 1. The van der Waals surface area contributed by atoms with Gasteiger partial charge in [0.2, 0.25) is 0 Å². The van der Waals surface area contributed by atoms with Crippen molar-refractivity contribution in [2.45, 2.75) is 25.0 Å². The van der Waals surface area contributed by atoms with Crippen LogP contribution in [-0.4, -0.2) is 33.2 Å².